The number of unbranched alkanes of at least 4 members (excludes halogenated alkanes) is 1. The zero-order valence-electron chi connectivity index (χ0n) is 13.4. The van der Waals surface area contributed by atoms with E-state index in [4.69, 9.17) is 12.2 Å². The number of amides is 2. The standard InChI is InChI=1S/C17H19BrN2O2S2/c1-2-3-8-19-15(21)7-9-20-16(22)14(24-17(20)23)11-12-5-4-6-13(18)10-12/h4-6,10-11H,2-3,7-9H2,1H3,(H,19,21). The molecule has 2 amide bonds. The van der Waals surface area contributed by atoms with Crippen LogP contribution < -0.4 is 5.32 Å². The van der Waals surface area contributed by atoms with Crippen molar-refractivity contribution in [1.82, 2.24) is 10.2 Å². The summed E-state index contributed by atoms with van der Waals surface area (Å²) in [5.41, 5.74) is 0.933. The number of carbonyl (C=O) groups is 2. The van der Waals surface area contributed by atoms with Gasteiger partial charge in [0.15, 0.2) is 0 Å². The van der Waals surface area contributed by atoms with E-state index in [1.807, 2.05) is 30.3 Å². The van der Waals surface area contributed by atoms with Gasteiger partial charge < -0.3 is 5.32 Å². The average Bonchev–Trinajstić information content (AvgIpc) is 2.80. The van der Waals surface area contributed by atoms with Gasteiger partial charge in [-0.15, -0.1) is 0 Å². The molecule has 0 unspecified atom stereocenters. The maximum Gasteiger partial charge on any atom is 0.266 e. The zero-order chi connectivity index (χ0) is 17.5. The molecule has 1 saturated heterocycles. The lowest BCUT2D eigenvalue weighted by atomic mass is 10.2. The van der Waals surface area contributed by atoms with Gasteiger partial charge in [-0.05, 0) is 30.2 Å². The SMILES string of the molecule is CCCCNC(=O)CCN1C(=O)C(=Cc2cccc(Br)c2)SC1=S. The molecule has 0 bridgehead atoms. The predicted molar refractivity (Wildman–Crippen MR) is 107 cm³/mol. The van der Waals surface area contributed by atoms with Crippen LogP contribution in [0, 0.1) is 0 Å². The van der Waals surface area contributed by atoms with Crippen molar-refractivity contribution < 1.29 is 9.59 Å². The van der Waals surface area contributed by atoms with Gasteiger partial charge in [-0.25, -0.2) is 0 Å². The van der Waals surface area contributed by atoms with Gasteiger partial charge in [0.1, 0.15) is 4.32 Å². The van der Waals surface area contributed by atoms with Gasteiger partial charge in [0.25, 0.3) is 5.91 Å². The molecule has 1 heterocycles. The van der Waals surface area contributed by atoms with Gasteiger partial charge in [0.2, 0.25) is 5.91 Å². The van der Waals surface area contributed by atoms with Crippen LogP contribution in [0.2, 0.25) is 0 Å². The smallest absolute Gasteiger partial charge is 0.266 e. The molecule has 0 spiro atoms. The van der Waals surface area contributed by atoms with Crippen LogP contribution in [-0.2, 0) is 9.59 Å². The first-order valence-electron chi connectivity index (χ1n) is 7.79. The van der Waals surface area contributed by atoms with E-state index in [9.17, 15) is 9.59 Å². The van der Waals surface area contributed by atoms with E-state index in [1.54, 1.807) is 0 Å². The Bertz CT molecular complexity index is 676. The topological polar surface area (TPSA) is 49.4 Å². The Kier molecular flexibility index (Phi) is 7.45. The molecule has 1 aliphatic heterocycles. The predicted octanol–water partition coefficient (Wildman–Crippen LogP) is 3.96. The fourth-order valence-corrected chi connectivity index (χ4v) is 3.87. The Morgan fingerprint density at radius 1 is 1.46 bits per heavy atom. The largest absolute Gasteiger partial charge is 0.356 e. The van der Waals surface area contributed by atoms with Crippen LogP contribution in [0.15, 0.2) is 33.6 Å². The molecular formula is C17H19BrN2O2S2. The van der Waals surface area contributed by atoms with Crippen molar-refractivity contribution in [3.63, 3.8) is 0 Å². The monoisotopic (exact) mass is 426 g/mol. The Hall–Kier alpha value is -1.18. The van der Waals surface area contributed by atoms with Crippen molar-refractivity contribution in [2.45, 2.75) is 26.2 Å². The van der Waals surface area contributed by atoms with E-state index in [0.717, 1.165) is 22.9 Å². The summed E-state index contributed by atoms with van der Waals surface area (Å²) in [4.78, 5) is 26.4. The highest BCUT2D eigenvalue weighted by atomic mass is 79.9. The first-order chi connectivity index (χ1) is 11.5. The number of nitrogens with one attached hydrogen (secondary N) is 1. The second kappa shape index (κ2) is 9.34. The molecule has 4 nitrogen and oxygen atoms in total. The highest BCUT2D eigenvalue weighted by Crippen LogP contribution is 2.32. The Morgan fingerprint density at radius 3 is 2.96 bits per heavy atom. The lowest BCUT2D eigenvalue weighted by Crippen LogP contribution is -2.33. The third-order valence-corrected chi connectivity index (χ3v) is 5.31. The van der Waals surface area contributed by atoms with Crippen LogP contribution in [0.5, 0.6) is 0 Å². The molecule has 128 valence electrons. The summed E-state index contributed by atoms with van der Waals surface area (Å²) in [6.45, 7) is 3.07. The Balaban J connectivity index is 1.95. The summed E-state index contributed by atoms with van der Waals surface area (Å²) < 4.78 is 1.46. The first kappa shape index (κ1) is 19.1. The fraction of sp³-hybridized carbons (Fsp3) is 0.353. The maximum absolute atomic E-state index is 12.5. The van der Waals surface area contributed by atoms with Crippen LogP contribution in [0.4, 0.5) is 0 Å². The molecule has 2 rings (SSSR count). The molecule has 1 aliphatic rings. The summed E-state index contributed by atoms with van der Waals surface area (Å²) in [7, 11) is 0. The molecule has 1 aromatic carbocycles. The molecule has 1 aromatic rings. The normalized spacial score (nSPS) is 16.1. The molecule has 1 fully saturated rings. The van der Waals surface area contributed by atoms with E-state index in [-0.39, 0.29) is 18.2 Å². The highest BCUT2D eigenvalue weighted by molar-refractivity contribution is 9.10. The van der Waals surface area contributed by atoms with Crippen LogP contribution in [0.1, 0.15) is 31.7 Å². The van der Waals surface area contributed by atoms with Crippen LogP contribution >= 0.6 is 39.9 Å². The van der Waals surface area contributed by atoms with Gasteiger partial charge in [-0.1, -0.05) is 65.4 Å². The minimum Gasteiger partial charge on any atom is -0.356 e. The van der Waals surface area contributed by atoms with Crippen molar-refractivity contribution in [3.8, 4) is 0 Å². The minimum absolute atomic E-state index is 0.0477. The molecule has 1 N–H and O–H groups in total. The number of carbonyl (C=O) groups excluding carboxylic acids is 2. The second-order valence-corrected chi connectivity index (χ2v) is 7.93. The summed E-state index contributed by atoms with van der Waals surface area (Å²) in [6.07, 6.45) is 4.09. The minimum atomic E-state index is -0.133. The van der Waals surface area contributed by atoms with Gasteiger partial charge in [0.05, 0.1) is 4.91 Å². The van der Waals surface area contributed by atoms with E-state index < -0.39 is 0 Å². The summed E-state index contributed by atoms with van der Waals surface area (Å²) >= 11 is 9.97. The Labute approximate surface area is 160 Å². The van der Waals surface area contributed by atoms with E-state index in [0.29, 0.717) is 22.3 Å². The number of benzene rings is 1. The van der Waals surface area contributed by atoms with E-state index in [2.05, 4.69) is 28.2 Å². The van der Waals surface area contributed by atoms with Crippen molar-refractivity contribution >= 4 is 62.1 Å². The molecule has 0 aliphatic carbocycles. The molecule has 0 atom stereocenters. The van der Waals surface area contributed by atoms with Gasteiger partial charge >= 0.3 is 0 Å². The van der Waals surface area contributed by atoms with Crippen molar-refractivity contribution in [2.75, 3.05) is 13.1 Å². The number of halogens is 1. The second-order valence-electron chi connectivity index (χ2n) is 5.34. The summed E-state index contributed by atoms with van der Waals surface area (Å²) in [5, 5.41) is 2.85. The quantitative estimate of drug-likeness (QED) is 0.407. The maximum atomic E-state index is 12.5. The molecule has 7 heteroatoms. The third-order valence-electron chi connectivity index (χ3n) is 3.43. The first-order valence-corrected chi connectivity index (χ1v) is 9.80. The van der Waals surface area contributed by atoms with E-state index in [1.165, 1.54) is 16.7 Å². The fourth-order valence-electron chi connectivity index (χ4n) is 2.15. The number of hydrogen-bond donors (Lipinski definition) is 1. The van der Waals surface area contributed by atoms with Gasteiger partial charge in [0, 0.05) is 24.0 Å². The van der Waals surface area contributed by atoms with Gasteiger partial charge in [-0.3, -0.25) is 14.5 Å². The van der Waals surface area contributed by atoms with Crippen LogP contribution in [0.3, 0.4) is 0 Å². The van der Waals surface area contributed by atoms with E-state index >= 15 is 0 Å². The molecule has 0 radical (unpaired) electrons. The van der Waals surface area contributed by atoms with Crippen molar-refractivity contribution in [3.05, 3.63) is 39.2 Å². The molecule has 0 aromatic heterocycles. The molecule has 24 heavy (non-hydrogen) atoms. The third kappa shape index (κ3) is 5.43. The lowest BCUT2D eigenvalue weighted by molar-refractivity contribution is -0.123. The highest BCUT2D eigenvalue weighted by Gasteiger charge is 2.31. The number of hydrogen-bond acceptors (Lipinski definition) is 4. The summed E-state index contributed by atoms with van der Waals surface area (Å²) in [6, 6.07) is 7.71. The number of thiocarbonyl (C=S) groups is 1. The number of nitrogens with zero attached hydrogens (tertiary/aromatic N) is 1. The number of thioether (sulfide) groups is 1. The van der Waals surface area contributed by atoms with Crippen molar-refractivity contribution in [1.29, 1.82) is 0 Å². The average molecular weight is 427 g/mol. The Morgan fingerprint density at radius 2 is 2.25 bits per heavy atom. The van der Waals surface area contributed by atoms with Crippen molar-refractivity contribution in [2.24, 2.45) is 0 Å². The van der Waals surface area contributed by atoms with Crippen LogP contribution in [-0.4, -0.2) is 34.1 Å². The molecule has 0 saturated carbocycles. The molecular weight excluding hydrogens is 408 g/mol. The number of rotatable bonds is 7. The van der Waals surface area contributed by atoms with Gasteiger partial charge in [-0.2, -0.15) is 0 Å². The van der Waals surface area contributed by atoms with Crippen LogP contribution in [0.25, 0.3) is 6.08 Å². The summed E-state index contributed by atoms with van der Waals surface area (Å²) in [5.74, 6) is -0.181. The lowest BCUT2D eigenvalue weighted by Gasteiger charge is -2.14. The zero-order valence-corrected chi connectivity index (χ0v) is 16.6.